The number of rotatable bonds is 1. The van der Waals surface area contributed by atoms with Gasteiger partial charge in [0, 0.05) is 5.92 Å². The molecule has 64 valence electrons. The van der Waals surface area contributed by atoms with E-state index in [4.69, 9.17) is 15.3 Å². The van der Waals surface area contributed by atoms with Crippen LogP contribution in [-0.4, -0.2) is 45.3 Å². The van der Waals surface area contributed by atoms with Crippen LogP contribution in [0, 0.1) is 5.92 Å². The van der Waals surface area contributed by atoms with Crippen LogP contribution in [0.2, 0.25) is 0 Å². The lowest BCUT2D eigenvalue weighted by Crippen LogP contribution is -2.44. The second kappa shape index (κ2) is 3.32. The highest BCUT2D eigenvalue weighted by atomic mass is 16.4. The van der Waals surface area contributed by atoms with Gasteiger partial charge in [-0.25, -0.2) is 0 Å². The van der Waals surface area contributed by atoms with Crippen molar-refractivity contribution < 1.29 is 20.4 Å². The highest BCUT2D eigenvalue weighted by Gasteiger charge is 2.31. The lowest BCUT2D eigenvalue weighted by Gasteiger charge is -2.29. The van der Waals surface area contributed by atoms with Crippen LogP contribution in [0.3, 0.4) is 0 Å². The third-order valence-corrected chi connectivity index (χ3v) is 1.90. The Kier molecular flexibility index (Phi) is 2.62. The molecule has 1 rings (SSSR count). The second-order valence-electron chi connectivity index (χ2n) is 2.70. The summed E-state index contributed by atoms with van der Waals surface area (Å²) in [5.74, 6) is -0.464. The van der Waals surface area contributed by atoms with Gasteiger partial charge in [-0.2, -0.15) is 0 Å². The van der Waals surface area contributed by atoms with Crippen molar-refractivity contribution in [1.29, 1.82) is 0 Å². The molecule has 0 amide bonds. The Labute approximate surface area is 64.4 Å². The fourth-order valence-corrected chi connectivity index (χ4v) is 1.11. The highest BCUT2D eigenvalue weighted by Crippen LogP contribution is 2.18. The quantitative estimate of drug-likeness (QED) is 0.343. The molecule has 1 aliphatic rings. The summed E-state index contributed by atoms with van der Waals surface area (Å²) in [5.41, 5.74) is 0. The van der Waals surface area contributed by atoms with E-state index in [-0.39, 0.29) is 6.61 Å². The molecule has 0 bridgehead atoms. The molecule has 0 fully saturated rings. The molecule has 4 heteroatoms. The zero-order valence-electron chi connectivity index (χ0n) is 5.96. The van der Waals surface area contributed by atoms with Crippen molar-refractivity contribution in [3.63, 3.8) is 0 Å². The molecule has 0 radical (unpaired) electrons. The number of hydrogen-bond acceptors (Lipinski definition) is 4. The number of aliphatic hydroxyl groups is 4. The summed E-state index contributed by atoms with van der Waals surface area (Å²) in [7, 11) is 0. The molecule has 4 N–H and O–H groups in total. The van der Waals surface area contributed by atoms with Crippen LogP contribution in [0.15, 0.2) is 12.2 Å². The van der Waals surface area contributed by atoms with Crippen molar-refractivity contribution >= 4 is 0 Å². The Bertz CT molecular complexity index is 157. The van der Waals surface area contributed by atoms with Crippen molar-refractivity contribution in [2.24, 2.45) is 5.92 Å². The van der Waals surface area contributed by atoms with Gasteiger partial charge in [-0.05, 0) is 0 Å². The molecule has 0 heterocycles. The molecule has 4 nitrogen and oxygen atoms in total. The van der Waals surface area contributed by atoms with Gasteiger partial charge in [0.1, 0.15) is 12.2 Å². The number of hydrogen-bond donors (Lipinski definition) is 4. The minimum absolute atomic E-state index is 0.221. The number of aliphatic hydroxyl groups excluding tert-OH is 4. The summed E-state index contributed by atoms with van der Waals surface area (Å²) in [6, 6.07) is 0. The Balaban J connectivity index is 2.68. The van der Waals surface area contributed by atoms with Gasteiger partial charge >= 0.3 is 0 Å². The van der Waals surface area contributed by atoms with Crippen molar-refractivity contribution in [1.82, 2.24) is 0 Å². The van der Waals surface area contributed by atoms with Gasteiger partial charge in [-0.3, -0.25) is 0 Å². The lowest BCUT2D eigenvalue weighted by molar-refractivity contribution is -0.0728. The Hall–Kier alpha value is -0.420. The largest absolute Gasteiger partial charge is 0.396 e. The summed E-state index contributed by atoms with van der Waals surface area (Å²) < 4.78 is 0. The van der Waals surface area contributed by atoms with E-state index in [9.17, 15) is 5.11 Å². The van der Waals surface area contributed by atoms with Gasteiger partial charge in [-0.15, -0.1) is 0 Å². The summed E-state index contributed by atoms with van der Waals surface area (Å²) in [6.45, 7) is -0.221. The van der Waals surface area contributed by atoms with E-state index in [2.05, 4.69) is 0 Å². The lowest BCUT2D eigenvalue weighted by atomic mass is 9.89. The monoisotopic (exact) mass is 160 g/mol. The topological polar surface area (TPSA) is 80.9 Å². The van der Waals surface area contributed by atoms with Gasteiger partial charge in [0.25, 0.3) is 0 Å². The molecule has 0 aromatic carbocycles. The smallest absolute Gasteiger partial charge is 0.110 e. The molecule has 0 aromatic heterocycles. The normalized spacial score (nSPS) is 44.4. The van der Waals surface area contributed by atoms with Crippen LogP contribution in [0.5, 0.6) is 0 Å². The maximum Gasteiger partial charge on any atom is 0.110 e. The molecular formula is C7H12O4. The first-order valence-electron chi connectivity index (χ1n) is 3.50. The van der Waals surface area contributed by atoms with E-state index in [1.165, 1.54) is 12.2 Å². The van der Waals surface area contributed by atoms with Crippen molar-refractivity contribution in [3.05, 3.63) is 12.2 Å². The SMILES string of the molecule is OCC1C=CC(O)C(O)C1O. The zero-order chi connectivity index (χ0) is 8.43. The summed E-state index contributed by atoms with van der Waals surface area (Å²) >= 11 is 0. The minimum atomic E-state index is -1.18. The molecule has 0 aromatic rings. The highest BCUT2D eigenvalue weighted by molar-refractivity contribution is 5.06. The van der Waals surface area contributed by atoms with Crippen molar-refractivity contribution in [3.8, 4) is 0 Å². The fourth-order valence-electron chi connectivity index (χ4n) is 1.11. The van der Waals surface area contributed by atoms with Crippen LogP contribution in [-0.2, 0) is 0 Å². The Morgan fingerprint density at radius 1 is 1.00 bits per heavy atom. The van der Waals surface area contributed by atoms with Crippen molar-refractivity contribution in [2.45, 2.75) is 18.3 Å². The van der Waals surface area contributed by atoms with E-state index in [0.717, 1.165) is 0 Å². The van der Waals surface area contributed by atoms with Gasteiger partial charge in [0.2, 0.25) is 0 Å². The van der Waals surface area contributed by atoms with Gasteiger partial charge < -0.3 is 20.4 Å². The second-order valence-corrected chi connectivity index (χ2v) is 2.70. The van der Waals surface area contributed by atoms with Gasteiger partial charge in [0.05, 0.1) is 12.7 Å². The van der Waals surface area contributed by atoms with Crippen LogP contribution >= 0.6 is 0 Å². The molecule has 11 heavy (non-hydrogen) atoms. The predicted molar refractivity (Wildman–Crippen MR) is 37.7 cm³/mol. The first-order chi connectivity index (χ1) is 5.16. The average molecular weight is 160 g/mol. The maximum absolute atomic E-state index is 9.19. The zero-order valence-corrected chi connectivity index (χ0v) is 5.96. The van der Waals surface area contributed by atoms with Crippen LogP contribution in [0.25, 0.3) is 0 Å². The van der Waals surface area contributed by atoms with Crippen LogP contribution < -0.4 is 0 Å². The minimum Gasteiger partial charge on any atom is -0.396 e. The molecule has 0 saturated carbocycles. The van der Waals surface area contributed by atoms with E-state index >= 15 is 0 Å². The average Bonchev–Trinajstić information content (AvgIpc) is 2.01. The van der Waals surface area contributed by atoms with E-state index in [0.29, 0.717) is 0 Å². The molecule has 0 spiro atoms. The molecule has 1 aliphatic carbocycles. The fraction of sp³-hybridized carbons (Fsp3) is 0.714. The summed E-state index contributed by atoms with van der Waals surface area (Å²) in [4.78, 5) is 0. The first kappa shape index (κ1) is 8.67. The predicted octanol–water partition coefficient (Wildman–Crippen LogP) is -1.75. The summed E-state index contributed by atoms with van der Waals surface area (Å²) in [6.07, 6.45) is -0.398. The van der Waals surface area contributed by atoms with Gasteiger partial charge in [0.15, 0.2) is 0 Å². The van der Waals surface area contributed by atoms with E-state index < -0.39 is 24.2 Å². The summed E-state index contributed by atoms with van der Waals surface area (Å²) in [5, 5.41) is 35.9. The third-order valence-electron chi connectivity index (χ3n) is 1.90. The Morgan fingerprint density at radius 3 is 2.18 bits per heavy atom. The molecule has 4 unspecified atom stereocenters. The first-order valence-corrected chi connectivity index (χ1v) is 3.50. The Morgan fingerprint density at radius 2 is 1.64 bits per heavy atom. The molecule has 0 aliphatic heterocycles. The van der Waals surface area contributed by atoms with Crippen LogP contribution in [0.4, 0.5) is 0 Å². The van der Waals surface area contributed by atoms with Crippen molar-refractivity contribution in [2.75, 3.05) is 6.61 Å². The van der Waals surface area contributed by atoms with E-state index in [1.807, 2.05) is 0 Å². The maximum atomic E-state index is 9.19. The molecule has 4 atom stereocenters. The molecular weight excluding hydrogens is 148 g/mol. The van der Waals surface area contributed by atoms with E-state index in [1.54, 1.807) is 0 Å². The standard InChI is InChI=1S/C7H12O4/c8-3-4-1-2-5(9)7(11)6(4)10/h1-2,4-11H,3H2. The third kappa shape index (κ3) is 1.59. The molecule has 0 saturated heterocycles. The van der Waals surface area contributed by atoms with Gasteiger partial charge in [-0.1, -0.05) is 12.2 Å². The van der Waals surface area contributed by atoms with Crippen LogP contribution in [0.1, 0.15) is 0 Å².